The predicted octanol–water partition coefficient (Wildman–Crippen LogP) is 2.68. The van der Waals surface area contributed by atoms with E-state index in [1.807, 2.05) is 30.3 Å². The van der Waals surface area contributed by atoms with Crippen molar-refractivity contribution in [2.75, 3.05) is 6.61 Å². The average molecular weight is 306 g/mol. The van der Waals surface area contributed by atoms with Gasteiger partial charge in [0.05, 0.1) is 17.6 Å². The summed E-state index contributed by atoms with van der Waals surface area (Å²) in [4.78, 5) is 10.9. The molecule has 2 aromatic carbocycles. The first-order valence-electron chi connectivity index (χ1n) is 6.46. The molecule has 0 saturated carbocycles. The minimum atomic E-state index is -1.31. The average Bonchev–Trinajstić information content (AvgIpc) is 2.47. The molecule has 0 radical (unpaired) electrons. The number of aromatic carboxylic acids is 1. The van der Waals surface area contributed by atoms with Gasteiger partial charge in [0.1, 0.15) is 6.61 Å². The lowest BCUT2D eigenvalue weighted by Gasteiger charge is -2.15. The largest absolute Gasteiger partial charge is 0.545 e. The van der Waals surface area contributed by atoms with E-state index >= 15 is 0 Å². The Morgan fingerprint density at radius 2 is 1.90 bits per heavy atom. The molecular weight excluding hydrogens is 292 g/mol. The van der Waals surface area contributed by atoms with Crippen molar-refractivity contribution in [1.82, 2.24) is 0 Å². The van der Waals surface area contributed by atoms with E-state index < -0.39 is 5.97 Å². The molecule has 0 atom stereocenters. The monoisotopic (exact) mass is 305 g/mol. The zero-order chi connectivity index (χ0) is 15.2. The second kappa shape index (κ2) is 6.99. The summed E-state index contributed by atoms with van der Waals surface area (Å²) < 4.78 is 11.1. The SMILES string of the molecule is CCOc1cc(C(=O)[O-])cc(Cl)c1OCc1ccccc1. The van der Waals surface area contributed by atoms with Gasteiger partial charge in [-0.1, -0.05) is 41.9 Å². The molecule has 0 aliphatic rings. The fraction of sp³-hybridized carbons (Fsp3) is 0.188. The molecule has 0 amide bonds. The highest BCUT2D eigenvalue weighted by Gasteiger charge is 2.13. The second-order valence-corrected chi connectivity index (χ2v) is 4.69. The van der Waals surface area contributed by atoms with Crippen molar-refractivity contribution in [3.05, 3.63) is 58.6 Å². The van der Waals surface area contributed by atoms with Crippen LogP contribution in [0.5, 0.6) is 11.5 Å². The van der Waals surface area contributed by atoms with Crippen LogP contribution < -0.4 is 14.6 Å². The van der Waals surface area contributed by atoms with Crippen molar-refractivity contribution in [2.24, 2.45) is 0 Å². The van der Waals surface area contributed by atoms with E-state index in [-0.39, 0.29) is 10.6 Å². The van der Waals surface area contributed by atoms with E-state index in [0.717, 1.165) is 5.56 Å². The number of benzene rings is 2. The van der Waals surface area contributed by atoms with E-state index in [1.165, 1.54) is 12.1 Å². The number of ether oxygens (including phenoxy) is 2. The molecule has 0 aliphatic carbocycles. The standard InChI is InChI=1S/C16H15ClO4/c1-2-20-14-9-12(16(18)19)8-13(17)15(14)21-10-11-6-4-3-5-7-11/h3-9H,2,10H2,1H3,(H,18,19)/p-1. The second-order valence-electron chi connectivity index (χ2n) is 4.28. The van der Waals surface area contributed by atoms with Crippen LogP contribution in [0.2, 0.25) is 5.02 Å². The molecule has 0 saturated heterocycles. The van der Waals surface area contributed by atoms with Gasteiger partial charge in [0.2, 0.25) is 0 Å². The third-order valence-corrected chi connectivity index (χ3v) is 3.05. The fourth-order valence-corrected chi connectivity index (χ4v) is 2.08. The van der Waals surface area contributed by atoms with Crippen LogP contribution in [-0.4, -0.2) is 12.6 Å². The number of halogens is 1. The highest BCUT2D eigenvalue weighted by atomic mass is 35.5. The molecule has 0 fully saturated rings. The maximum Gasteiger partial charge on any atom is 0.180 e. The number of carboxylic acid groups (broad SMARTS) is 1. The molecule has 0 N–H and O–H groups in total. The van der Waals surface area contributed by atoms with Crippen molar-refractivity contribution in [3.63, 3.8) is 0 Å². The Morgan fingerprint density at radius 1 is 1.19 bits per heavy atom. The molecule has 0 bridgehead atoms. The first-order chi connectivity index (χ1) is 10.1. The molecule has 110 valence electrons. The number of carbonyl (C=O) groups is 1. The summed E-state index contributed by atoms with van der Waals surface area (Å²) in [5.74, 6) is -0.694. The first kappa shape index (κ1) is 15.2. The molecule has 0 spiro atoms. The van der Waals surface area contributed by atoms with Crippen molar-refractivity contribution in [2.45, 2.75) is 13.5 Å². The van der Waals surface area contributed by atoms with Crippen molar-refractivity contribution < 1.29 is 19.4 Å². The maximum absolute atomic E-state index is 10.9. The Hall–Kier alpha value is -2.20. The van der Waals surface area contributed by atoms with E-state index in [9.17, 15) is 9.90 Å². The van der Waals surface area contributed by atoms with Crippen molar-refractivity contribution in [1.29, 1.82) is 0 Å². The van der Waals surface area contributed by atoms with Crippen LogP contribution in [0, 0.1) is 0 Å². The van der Waals surface area contributed by atoms with Gasteiger partial charge in [-0.25, -0.2) is 0 Å². The molecule has 5 heteroatoms. The number of carboxylic acids is 1. The molecule has 0 aromatic heterocycles. The van der Waals surface area contributed by atoms with Crippen molar-refractivity contribution in [3.8, 4) is 11.5 Å². The minimum absolute atomic E-state index is 0.0458. The van der Waals surface area contributed by atoms with Crippen LogP contribution in [0.1, 0.15) is 22.8 Å². The van der Waals surface area contributed by atoms with E-state index in [4.69, 9.17) is 21.1 Å². The van der Waals surface area contributed by atoms with Crippen molar-refractivity contribution >= 4 is 17.6 Å². The van der Waals surface area contributed by atoms with Gasteiger partial charge in [0, 0.05) is 5.56 Å². The summed E-state index contributed by atoms with van der Waals surface area (Å²) in [6.07, 6.45) is 0. The summed E-state index contributed by atoms with van der Waals surface area (Å²) in [6, 6.07) is 12.2. The predicted molar refractivity (Wildman–Crippen MR) is 77.7 cm³/mol. The number of hydrogen-bond donors (Lipinski definition) is 0. The molecule has 2 aromatic rings. The van der Waals surface area contributed by atoms with Crippen LogP contribution in [0.4, 0.5) is 0 Å². The van der Waals surface area contributed by atoms with Crippen LogP contribution in [-0.2, 0) is 6.61 Å². The summed E-state index contributed by atoms with van der Waals surface area (Å²) in [6.45, 7) is 2.47. The molecule has 2 rings (SSSR count). The summed E-state index contributed by atoms with van der Waals surface area (Å²) in [7, 11) is 0. The van der Waals surface area contributed by atoms with E-state index in [0.29, 0.717) is 24.7 Å². The minimum Gasteiger partial charge on any atom is -0.545 e. The Balaban J connectivity index is 2.26. The zero-order valence-electron chi connectivity index (χ0n) is 11.5. The van der Waals surface area contributed by atoms with E-state index in [1.54, 1.807) is 6.92 Å². The Bertz CT molecular complexity index is 626. The number of rotatable bonds is 6. The lowest BCUT2D eigenvalue weighted by atomic mass is 10.2. The Labute approximate surface area is 127 Å². The maximum atomic E-state index is 10.9. The van der Waals surface area contributed by atoms with Crippen LogP contribution in [0.15, 0.2) is 42.5 Å². The molecule has 0 heterocycles. The summed E-state index contributed by atoms with van der Waals surface area (Å²) in [5.41, 5.74) is 0.926. The van der Waals surface area contributed by atoms with Crippen LogP contribution in [0.3, 0.4) is 0 Å². The first-order valence-corrected chi connectivity index (χ1v) is 6.84. The van der Waals surface area contributed by atoms with Gasteiger partial charge in [-0.2, -0.15) is 0 Å². The Kier molecular flexibility index (Phi) is 5.06. The van der Waals surface area contributed by atoms with Gasteiger partial charge in [-0.15, -0.1) is 0 Å². The van der Waals surface area contributed by atoms with Gasteiger partial charge in [0.25, 0.3) is 0 Å². The van der Waals surface area contributed by atoms with E-state index in [2.05, 4.69) is 0 Å². The number of carbonyl (C=O) groups excluding carboxylic acids is 1. The molecular formula is C16H14ClO4-. The third kappa shape index (κ3) is 3.89. The number of hydrogen-bond acceptors (Lipinski definition) is 4. The molecule has 0 unspecified atom stereocenters. The Morgan fingerprint density at radius 3 is 2.52 bits per heavy atom. The van der Waals surface area contributed by atoms with Gasteiger partial charge in [-0.3, -0.25) is 0 Å². The summed E-state index contributed by atoms with van der Waals surface area (Å²) in [5, 5.41) is 11.1. The van der Waals surface area contributed by atoms with Gasteiger partial charge in [0.15, 0.2) is 11.5 Å². The topological polar surface area (TPSA) is 58.6 Å². The molecule has 0 aliphatic heterocycles. The van der Waals surface area contributed by atoms with Crippen LogP contribution in [0.25, 0.3) is 0 Å². The third-order valence-electron chi connectivity index (χ3n) is 2.77. The zero-order valence-corrected chi connectivity index (χ0v) is 12.2. The lowest BCUT2D eigenvalue weighted by molar-refractivity contribution is -0.255. The summed E-state index contributed by atoms with van der Waals surface area (Å²) >= 11 is 6.08. The fourth-order valence-electron chi connectivity index (χ4n) is 1.82. The van der Waals surface area contributed by atoms with Gasteiger partial charge >= 0.3 is 0 Å². The highest BCUT2D eigenvalue weighted by Crippen LogP contribution is 2.37. The quantitative estimate of drug-likeness (QED) is 0.823. The highest BCUT2D eigenvalue weighted by molar-refractivity contribution is 6.32. The smallest absolute Gasteiger partial charge is 0.180 e. The van der Waals surface area contributed by atoms with Gasteiger partial charge in [-0.05, 0) is 24.6 Å². The van der Waals surface area contributed by atoms with Gasteiger partial charge < -0.3 is 19.4 Å². The molecule has 4 nitrogen and oxygen atoms in total. The molecule has 21 heavy (non-hydrogen) atoms. The lowest BCUT2D eigenvalue weighted by Crippen LogP contribution is -2.22. The normalized spacial score (nSPS) is 10.2. The van der Waals surface area contributed by atoms with Crippen LogP contribution >= 0.6 is 11.6 Å².